The fourth-order valence-corrected chi connectivity index (χ4v) is 1.59. The lowest BCUT2D eigenvalue weighted by atomic mass is 10.1. The van der Waals surface area contributed by atoms with Gasteiger partial charge < -0.3 is 5.32 Å². The van der Waals surface area contributed by atoms with Crippen molar-refractivity contribution in [2.24, 2.45) is 11.0 Å². The Labute approximate surface area is 124 Å². The third kappa shape index (κ3) is 5.33. The SMILES string of the molecule is Cc1ccc(NC(=O)CC(C)C)cc1NN=C(C#N)C#N. The largest absolute Gasteiger partial charge is 0.326 e. The van der Waals surface area contributed by atoms with Gasteiger partial charge in [0, 0.05) is 12.1 Å². The van der Waals surface area contributed by atoms with Crippen molar-refractivity contribution in [2.45, 2.75) is 27.2 Å². The molecule has 0 unspecified atom stereocenters. The average Bonchev–Trinajstić information content (AvgIpc) is 2.42. The topological polar surface area (TPSA) is 101 Å². The van der Waals surface area contributed by atoms with Crippen molar-refractivity contribution in [2.75, 3.05) is 10.7 Å². The summed E-state index contributed by atoms with van der Waals surface area (Å²) in [5.41, 5.74) is 4.55. The fourth-order valence-electron chi connectivity index (χ4n) is 1.59. The van der Waals surface area contributed by atoms with Gasteiger partial charge in [-0.15, -0.1) is 0 Å². The summed E-state index contributed by atoms with van der Waals surface area (Å²) in [6.07, 6.45) is 0.446. The van der Waals surface area contributed by atoms with E-state index in [1.807, 2.05) is 26.8 Å². The van der Waals surface area contributed by atoms with E-state index in [9.17, 15) is 4.79 Å². The molecule has 1 rings (SSSR count). The van der Waals surface area contributed by atoms with Crippen molar-refractivity contribution < 1.29 is 4.79 Å². The molecule has 0 radical (unpaired) electrons. The molecule has 21 heavy (non-hydrogen) atoms. The number of nitriles is 2. The van der Waals surface area contributed by atoms with Crippen LogP contribution in [0, 0.1) is 35.5 Å². The molecule has 0 heterocycles. The van der Waals surface area contributed by atoms with Gasteiger partial charge in [0.1, 0.15) is 12.1 Å². The van der Waals surface area contributed by atoms with Crippen LogP contribution in [0.5, 0.6) is 0 Å². The molecule has 0 bridgehead atoms. The highest BCUT2D eigenvalue weighted by molar-refractivity contribution is 6.10. The number of aryl methyl sites for hydroxylation is 1. The standard InChI is InChI=1S/C15H17N5O/c1-10(2)6-15(21)18-12-5-4-11(3)14(7-12)20-19-13(8-16)9-17/h4-5,7,10,20H,6H2,1-3H3,(H,18,21). The number of hydrazone groups is 1. The van der Waals surface area contributed by atoms with E-state index in [2.05, 4.69) is 15.8 Å². The van der Waals surface area contributed by atoms with E-state index in [0.29, 0.717) is 17.8 Å². The molecule has 0 aromatic heterocycles. The molecule has 108 valence electrons. The zero-order valence-corrected chi connectivity index (χ0v) is 12.3. The monoisotopic (exact) mass is 283 g/mol. The Morgan fingerprint density at radius 3 is 2.57 bits per heavy atom. The third-order valence-electron chi connectivity index (χ3n) is 2.61. The van der Waals surface area contributed by atoms with E-state index in [1.54, 1.807) is 24.3 Å². The molecule has 0 aliphatic heterocycles. The zero-order chi connectivity index (χ0) is 15.8. The van der Waals surface area contributed by atoms with Crippen molar-refractivity contribution in [3.05, 3.63) is 23.8 Å². The van der Waals surface area contributed by atoms with E-state index < -0.39 is 0 Å². The Bertz CT molecular complexity index is 618. The summed E-state index contributed by atoms with van der Waals surface area (Å²) in [5.74, 6) is 0.226. The second-order valence-electron chi connectivity index (χ2n) is 4.97. The lowest BCUT2D eigenvalue weighted by Crippen LogP contribution is -2.14. The van der Waals surface area contributed by atoms with E-state index in [4.69, 9.17) is 10.5 Å². The van der Waals surface area contributed by atoms with Gasteiger partial charge in [-0.2, -0.15) is 15.6 Å². The lowest BCUT2D eigenvalue weighted by molar-refractivity contribution is -0.116. The number of benzene rings is 1. The first-order valence-corrected chi connectivity index (χ1v) is 6.50. The maximum atomic E-state index is 11.7. The van der Waals surface area contributed by atoms with E-state index in [1.165, 1.54) is 0 Å². The Morgan fingerprint density at radius 1 is 1.33 bits per heavy atom. The number of carbonyl (C=O) groups excluding carboxylic acids is 1. The number of carbonyl (C=O) groups is 1. The van der Waals surface area contributed by atoms with Crippen LogP contribution in [0.15, 0.2) is 23.3 Å². The third-order valence-corrected chi connectivity index (χ3v) is 2.61. The summed E-state index contributed by atoms with van der Waals surface area (Å²) in [4.78, 5) is 11.7. The smallest absolute Gasteiger partial charge is 0.237 e. The van der Waals surface area contributed by atoms with Crippen molar-refractivity contribution in [3.63, 3.8) is 0 Å². The van der Waals surface area contributed by atoms with Gasteiger partial charge in [-0.25, -0.2) is 0 Å². The van der Waals surface area contributed by atoms with Crippen LogP contribution in [0.1, 0.15) is 25.8 Å². The molecule has 0 aliphatic carbocycles. The Hall–Kier alpha value is -2.86. The van der Waals surface area contributed by atoms with Crippen LogP contribution >= 0.6 is 0 Å². The summed E-state index contributed by atoms with van der Waals surface area (Å²) >= 11 is 0. The molecule has 1 aromatic carbocycles. The summed E-state index contributed by atoms with van der Waals surface area (Å²) in [6, 6.07) is 8.66. The summed E-state index contributed by atoms with van der Waals surface area (Å²) in [6.45, 7) is 5.81. The molecule has 0 fully saturated rings. The van der Waals surface area contributed by atoms with Crippen LogP contribution in [0.4, 0.5) is 11.4 Å². The molecule has 0 aliphatic rings. The Kier molecular flexibility index (Phi) is 5.91. The van der Waals surface area contributed by atoms with E-state index >= 15 is 0 Å². The number of nitrogens with one attached hydrogen (secondary N) is 2. The molecule has 1 amide bonds. The van der Waals surface area contributed by atoms with E-state index in [0.717, 1.165) is 5.56 Å². The lowest BCUT2D eigenvalue weighted by Gasteiger charge is -2.10. The number of nitrogens with zero attached hydrogens (tertiary/aromatic N) is 3. The van der Waals surface area contributed by atoms with Crippen molar-refractivity contribution in [1.29, 1.82) is 10.5 Å². The van der Waals surface area contributed by atoms with Crippen LogP contribution in [-0.2, 0) is 4.79 Å². The second-order valence-corrected chi connectivity index (χ2v) is 4.97. The molecule has 6 nitrogen and oxygen atoms in total. The van der Waals surface area contributed by atoms with Gasteiger partial charge >= 0.3 is 0 Å². The Morgan fingerprint density at radius 2 is 2.00 bits per heavy atom. The first-order valence-electron chi connectivity index (χ1n) is 6.50. The van der Waals surface area contributed by atoms with Crippen molar-refractivity contribution >= 4 is 23.0 Å². The van der Waals surface area contributed by atoms with Gasteiger partial charge in [0.05, 0.1) is 5.69 Å². The highest BCUT2D eigenvalue weighted by atomic mass is 16.1. The summed E-state index contributed by atoms with van der Waals surface area (Å²) < 4.78 is 0. The molecule has 1 aromatic rings. The van der Waals surface area contributed by atoms with Gasteiger partial charge in [0.15, 0.2) is 0 Å². The quantitative estimate of drug-likeness (QED) is 0.640. The molecule has 0 spiro atoms. The minimum atomic E-state index is -0.261. The minimum Gasteiger partial charge on any atom is -0.326 e. The van der Waals surface area contributed by atoms with E-state index in [-0.39, 0.29) is 17.5 Å². The second kappa shape index (κ2) is 7.66. The predicted molar refractivity (Wildman–Crippen MR) is 81.5 cm³/mol. The zero-order valence-electron chi connectivity index (χ0n) is 12.3. The number of hydrogen-bond acceptors (Lipinski definition) is 5. The first-order chi connectivity index (χ1) is 9.96. The number of anilines is 2. The molecular weight excluding hydrogens is 266 g/mol. The molecular formula is C15H17N5O. The molecule has 0 saturated carbocycles. The van der Waals surface area contributed by atoms with Gasteiger partial charge in [0.25, 0.3) is 0 Å². The van der Waals surface area contributed by atoms with Gasteiger partial charge in [-0.05, 0) is 30.5 Å². The molecule has 0 saturated heterocycles. The van der Waals surface area contributed by atoms with Crippen LogP contribution < -0.4 is 10.7 Å². The fraction of sp³-hybridized carbons (Fsp3) is 0.333. The predicted octanol–water partition coefficient (Wildman–Crippen LogP) is 2.79. The molecule has 6 heteroatoms. The van der Waals surface area contributed by atoms with Crippen LogP contribution in [-0.4, -0.2) is 11.6 Å². The van der Waals surface area contributed by atoms with Gasteiger partial charge in [-0.1, -0.05) is 19.9 Å². The maximum absolute atomic E-state index is 11.7. The van der Waals surface area contributed by atoms with Crippen LogP contribution in [0.25, 0.3) is 0 Å². The van der Waals surface area contributed by atoms with Gasteiger partial charge in [0.2, 0.25) is 11.6 Å². The highest BCUT2D eigenvalue weighted by Crippen LogP contribution is 2.20. The van der Waals surface area contributed by atoms with Crippen LogP contribution in [0.2, 0.25) is 0 Å². The molecule has 2 N–H and O–H groups in total. The molecule has 0 atom stereocenters. The minimum absolute atomic E-state index is 0.0574. The first kappa shape index (κ1) is 16.2. The average molecular weight is 283 g/mol. The summed E-state index contributed by atoms with van der Waals surface area (Å²) in [7, 11) is 0. The number of rotatable bonds is 5. The highest BCUT2D eigenvalue weighted by Gasteiger charge is 2.07. The number of hydrogen-bond donors (Lipinski definition) is 2. The maximum Gasteiger partial charge on any atom is 0.237 e. The van der Waals surface area contributed by atoms with Crippen LogP contribution in [0.3, 0.4) is 0 Å². The normalized spacial score (nSPS) is 9.43. The summed E-state index contributed by atoms with van der Waals surface area (Å²) in [5, 5.41) is 23.8. The Balaban J connectivity index is 2.86. The van der Waals surface area contributed by atoms with Crippen molar-refractivity contribution in [1.82, 2.24) is 0 Å². The van der Waals surface area contributed by atoms with Crippen molar-refractivity contribution in [3.8, 4) is 12.1 Å². The number of amides is 1. The van der Waals surface area contributed by atoms with Gasteiger partial charge in [-0.3, -0.25) is 10.2 Å².